The highest BCUT2D eigenvalue weighted by Gasteiger charge is 2.31. The summed E-state index contributed by atoms with van der Waals surface area (Å²) in [7, 11) is 0. The smallest absolute Gasteiger partial charge is 0.333 e. The van der Waals surface area contributed by atoms with Crippen LogP contribution < -0.4 is 0 Å². The monoisotopic (exact) mass is 140 g/mol. The van der Waals surface area contributed by atoms with Crippen LogP contribution in [0.5, 0.6) is 0 Å². The zero-order chi connectivity index (χ0) is 7.78. The highest BCUT2D eigenvalue weighted by Crippen LogP contribution is 2.33. The second-order valence-electron chi connectivity index (χ2n) is 3.25. The molecule has 0 aromatic rings. The van der Waals surface area contributed by atoms with Crippen LogP contribution in [-0.2, 0) is 9.53 Å². The van der Waals surface area contributed by atoms with Crippen molar-refractivity contribution in [1.82, 2.24) is 0 Å². The number of ether oxygens (including phenoxy) is 1. The first-order valence-corrected chi connectivity index (χ1v) is 3.40. The molecule has 2 nitrogen and oxygen atoms in total. The molecule has 0 spiro atoms. The summed E-state index contributed by atoms with van der Waals surface area (Å²) < 4.78 is 4.79. The van der Waals surface area contributed by atoms with Gasteiger partial charge in [-0.15, -0.1) is 0 Å². The molecule has 0 N–H and O–H groups in total. The number of carbonyl (C=O) groups excluding carboxylic acids is 1. The van der Waals surface area contributed by atoms with Crippen LogP contribution in [-0.4, -0.2) is 12.6 Å². The maximum atomic E-state index is 10.9. The fourth-order valence-electron chi connectivity index (χ4n) is 0.913. The molecule has 0 atom stereocenters. The Balaban J connectivity index is 2.79. The third kappa shape index (κ3) is 1.06. The van der Waals surface area contributed by atoms with Crippen molar-refractivity contribution in [2.24, 2.45) is 5.41 Å². The first-order valence-electron chi connectivity index (χ1n) is 3.40. The van der Waals surface area contributed by atoms with Gasteiger partial charge in [0.15, 0.2) is 0 Å². The molecule has 1 aliphatic rings. The summed E-state index contributed by atoms with van der Waals surface area (Å²) in [5.74, 6) is -0.240. The van der Waals surface area contributed by atoms with Crippen LogP contribution in [0, 0.1) is 5.41 Å². The van der Waals surface area contributed by atoms with Gasteiger partial charge in [-0.25, -0.2) is 4.79 Å². The molecular formula is C8H12O2. The Morgan fingerprint density at radius 3 is 2.60 bits per heavy atom. The Hall–Kier alpha value is -0.790. The summed E-state index contributed by atoms with van der Waals surface area (Å²) in [6.07, 6.45) is 0.886. The molecule has 0 bridgehead atoms. The summed E-state index contributed by atoms with van der Waals surface area (Å²) in [6, 6.07) is 0. The molecule has 1 heterocycles. The Morgan fingerprint density at radius 2 is 2.20 bits per heavy atom. The van der Waals surface area contributed by atoms with Gasteiger partial charge in [-0.3, -0.25) is 0 Å². The molecule has 0 aromatic carbocycles. The molecule has 1 aliphatic heterocycles. The third-order valence-electron chi connectivity index (χ3n) is 2.02. The minimum absolute atomic E-state index is 0.0602. The lowest BCUT2D eigenvalue weighted by Crippen LogP contribution is -2.29. The van der Waals surface area contributed by atoms with Gasteiger partial charge in [0.2, 0.25) is 0 Å². The second kappa shape index (κ2) is 2.11. The number of hydrogen-bond donors (Lipinski definition) is 0. The number of carbonyl (C=O) groups is 1. The molecule has 0 radical (unpaired) electrons. The van der Waals surface area contributed by atoms with Crippen molar-refractivity contribution in [3.63, 3.8) is 0 Å². The summed E-state index contributed by atoms with van der Waals surface area (Å²) in [5, 5.41) is 0. The maximum Gasteiger partial charge on any atom is 0.333 e. The van der Waals surface area contributed by atoms with E-state index in [4.69, 9.17) is 4.74 Å². The molecule has 1 fully saturated rings. The summed E-state index contributed by atoms with van der Waals surface area (Å²) in [5.41, 5.74) is 0.536. The lowest BCUT2D eigenvalue weighted by atomic mass is 9.81. The standard InChI is InChI=1S/C8H12O2/c1-6-7(9)10-5-4-8(6,2)3/h1,4-5H2,2-3H3. The van der Waals surface area contributed by atoms with Gasteiger partial charge in [0.1, 0.15) is 0 Å². The average molecular weight is 140 g/mol. The van der Waals surface area contributed by atoms with E-state index in [9.17, 15) is 4.79 Å². The van der Waals surface area contributed by atoms with Crippen molar-refractivity contribution in [2.45, 2.75) is 20.3 Å². The topological polar surface area (TPSA) is 26.3 Å². The van der Waals surface area contributed by atoms with E-state index in [0.29, 0.717) is 12.2 Å². The lowest BCUT2D eigenvalue weighted by Gasteiger charge is -2.30. The van der Waals surface area contributed by atoms with Gasteiger partial charge in [-0.2, -0.15) is 0 Å². The minimum atomic E-state index is -0.240. The molecule has 0 saturated carbocycles. The van der Waals surface area contributed by atoms with E-state index in [1.807, 2.05) is 13.8 Å². The molecule has 1 rings (SSSR count). The second-order valence-corrected chi connectivity index (χ2v) is 3.25. The number of cyclic esters (lactones) is 1. The predicted molar refractivity (Wildman–Crippen MR) is 38.5 cm³/mol. The van der Waals surface area contributed by atoms with Gasteiger partial charge in [-0.1, -0.05) is 20.4 Å². The molecule has 10 heavy (non-hydrogen) atoms. The van der Waals surface area contributed by atoms with E-state index in [0.717, 1.165) is 6.42 Å². The van der Waals surface area contributed by atoms with Crippen molar-refractivity contribution < 1.29 is 9.53 Å². The summed E-state index contributed by atoms with van der Waals surface area (Å²) >= 11 is 0. The van der Waals surface area contributed by atoms with Crippen LogP contribution in [0.2, 0.25) is 0 Å². The van der Waals surface area contributed by atoms with Crippen molar-refractivity contribution >= 4 is 5.97 Å². The van der Waals surface area contributed by atoms with E-state index in [1.54, 1.807) is 0 Å². The van der Waals surface area contributed by atoms with E-state index in [1.165, 1.54) is 0 Å². The number of rotatable bonds is 0. The normalized spacial score (nSPS) is 24.2. The van der Waals surface area contributed by atoms with Gasteiger partial charge < -0.3 is 4.74 Å². The largest absolute Gasteiger partial charge is 0.462 e. The molecular weight excluding hydrogens is 128 g/mol. The van der Waals surface area contributed by atoms with Gasteiger partial charge in [0, 0.05) is 5.57 Å². The van der Waals surface area contributed by atoms with Gasteiger partial charge in [0.05, 0.1) is 6.61 Å². The predicted octanol–water partition coefficient (Wildman–Crippen LogP) is 1.52. The van der Waals surface area contributed by atoms with Gasteiger partial charge >= 0.3 is 5.97 Å². The molecule has 2 heteroatoms. The molecule has 56 valence electrons. The quantitative estimate of drug-likeness (QED) is 0.376. The Morgan fingerprint density at radius 1 is 1.60 bits per heavy atom. The lowest BCUT2D eigenvalue weighted by molar-refractivity contribution is -0.144. The highest BCUT2D eigenvalue weighted by molar-refractivity contribution is 5.89. The van der Waals surface area contributed by atoms with Crippen molar-refractivity contribution in [2.75, 3.05) is 6.61 Å². The average Bonchev–Trinajstić information content (AvgIpc) is 1.83. The molecule has 0 unspecified atom stereocenters. The van der Waals surface area contributed by atoms with E-state index >= 15 is 0 Å². The molecule has 1 saturated heterocycles. The number of esters is 1. The van der Waals surface area contributed by atoms with Crippen LogP contribution in [0.25, 0.3) is 0 Å². The van der Waals surface area contributed by atoms with Crippen molar-refractivity contribution in [1.29, 1.82) is 0 Å². The van der Waals surface area contributed by atoms with E-state index in [-0.39, 0.29) is 11.4 Å². The zero-order valence-corrected chi connectivity index (χ0v) is 6.44. The Bertz CT molecular complexity index is 180. The van der Waals surface area contributed by atoms with Crippen LogP contribution >= 0.6 is 0 Å². The minimum Gasteiger partial charge on any atom is -0.462 e. The van der Waals surface area contributed by atoms with Gasteiger partial charge in [0.25, 0.3) is 0 Å². The van der Waals surface area contributed by atoms with Crippen LogP contribution in [0.4, 0.5) is 0 Å². The zero-order valence-electron chi connectivity index (χ0n) is 6.44. The Kier molecular flexibility index (Phi) is 1.55. The first-order chi connectivity index (χ1) is 4.54. The summed E-state index contributed by atoms with van der Waals surface area (Å²) in [4.78, 5) is 10.9. The SMILES string of the molecule is C=C1C(=O)OCCC1(C)C. The van der Waals surface area contributed by atoms with E-state index in [2.05, 4.69) is 6.58 Å². The van der Waals surface area contributed by atoms with Crippen LogP contribution in [0.15, 0.2) is 12.2 Å². The van der Waals surface area contributed by atoms with E-state index < -0.39 is 0 Å². The number of hydrogen-bond acceptors (Lipinski definition) is 2. The van der Waals surface area contributed by atoms with Crippen molar-refractivity contribution in [3.8, 4) is 0 Å². The fourth-order valence-corrected chi connectivity index (χ4v) is 0.913. The van der Waals surface area contributed by atoms with Crippen LogP contribution in [0.1, 0.15) is 20.3 Å². The maximum absolute atomic E-state index is 10.9. The first kappa shape index (κ1) is 7.32. The summed E-state index contributed by atoms with van der Waals surface area (Å²) in [6.45, 7) is 8.23. The van der Waals surface area contributed by atoms with Crippen LogP contribution in [0.3, 0.4) is 0 Å². The Labute approximate surface area is 60.9 Å². The molecule has 0 amide bonds. The van der Waals surface area contributed by atoms with Gasteiger partial charge in [-0.05, 0) is 11.8 Å². The van der Waals surface area contributed by atoms with Crippen molar-refractivity contribution in [3.05, 3.63) is 12.2 Å². The third-order valence-corrected chi connectivity index (χ3v) is 2.02. The fraction of sp³-hybridized carbons (Fsp3) is 0.625. The highest BCUT2D eigenvalue weighted by atomic mass is 16.5. The molecule has 0 aromatic heterocycles. The molecule has 0 aliphatic carbocycles.